The molecular formula is C12H22O. The van der Waals surface area contributed by atoms with E-state index >= 15 is 0 Å². The van der Waals surface area contributed by atoms with E-state index in [1.54, 1.807) is 0 Å². The summed E-state index contributed by atoms with van der Waals surface area (Å²) in [5.41, 5.74) is 0.741. The van der Waals surface area contributed by atoms with Crippen LogP contribution in [0.4, 0.5) is 0 Å². The van der Waals surface area contributed by atoms with E-state index < -0.39 is 0 Å². The van der Waals surface area contributed by atoms with Crippen LogP contribution in [0.15, 0.2) is 0 Å². The fourth-order valence-corrected chi connectivity index (χ4v) is 2.95. The summed E-state index contributed by atoms with van der Waals surface area (Å²) in [6.45, 7) is 6.98. The number of hydrogen-bond donors (Lipinski definition) is 0. The minimum Gasteiger partial charge on any atom is -0.371 e. The van der Waals surface area contributed by atoms with Crippen molar-refractivity contribution in [2.24, 2.45) is 5.41 Å². The lowest BCUT2D eigenvalue weighted by Crippen LogP contribution is -2.53. The highest BCUT2D eigenvalue weighted by Gasteiger charge is 2.50. The third-order valence-electron chi connectivity index (χ3n) is 4.20. The summed E-state index contributed by atoms with van der Waals surface area (Å²) in [4.78, 5) is 0. The van der Waals surface area contributed by atoms with Gasteiger partial charge in [-0.2, -0.15) is 0 Å². The third-order valence-corrected chi connectivity index (χ3v) is 4.20. The summed E-state index contributed by atoms with van der Waals surface area (Å²) in [6.07, 6.45) is 8.39. The van der Waals surface area contributed by atoms with Crippen LogP contribution in [0.1, 0.15) is 59.3 Å². The number of fused-ring (bicyclic) bond motifs is 3. The Balaban J connectivity index is 2.12. The highest BCUT2D eigenvalue weighted by atomic mass is 16.5. The predicted molar refractivity (Wildman–Crippen MR) is 54.8 cm³/mol. The first kappa shape index (κ1) is 9.51. The molecule has 0 aromatic rings. The van der Waals surface area contributed by atoms with Crippen molar-refractivity contribution in [2.75, 3.05) is 0 Å². The number of ether oxygens (including phenoxy) is 1. The first-order valence-electron chi connectivity index (χ1n) is 5.76. The van der Waals surface area contributed by atoms with Gasteiger partial charge in [0.05, 0.1) is 11.7 Å². The maximum absolute atomic E-state index is 6.22. The quantitative estimate of drug-likeness (QED) is 0.635. The van der Waals surface area contributed by atoms with Crippen molar-refractivity contribution in [3.63, 3.8) is 0 Å². The van der Waals surface area contributed by atoms with E-state index in [1.165, 1.54) is 38.5 Å². The normalized spacial score (nSPS) is 49.6. The summed E-state index contributed by atoms with van der Waals surface area (Å²) in [7, 11) is 0. The van der Waals surface area contributed by atoms with Crippen molar-refractivity contribution in [3.05, 3.63) is 0 Å². The van der Waals surface area contributed by atoms with E-state index in [0.717, 1.165) is 0 Å². The Morgan fingerprint density at radius 1 is 1.15 bits per heavy atom. The number of hydrogen-bond acceptors (Lipinski definition) is 1. The maximum atomic E-state index is 6.22. The maximum Gasteiger partial charge on any atom is 0.0659 e. The zero-order valence-corrected chi connectivity index (χ0v) is 9.23. The van der Waals surface area contributed by atoms with Crippen molar-refractivity contribution >= 4 is 0 Å². The summed E-state index contributed by atoms with van der Waals surface area (Å²) < 4.78 is 6.22. The van der Waals surface area contributed by atoms with Gasteiger partial charge in [-0.15, -0.1) is 0 Å². The molecule has 0 aromatic heterocycles. The lowest BCUT2D eigenvalue weighted by Gasteiger charge is -2.55. The van der Waals surface area contributed by atoms with Crippen molar-refractivity contribution in [1.29, 1.82) is 0 Å². The van der Waals surface area contributed by atoms with Gasteiger partial charge in [0.2, 0.25) is 0 Å². The van der Waals surface area contributed by atoms with Crippen LogP contribution in [-0.4, -0.2) is 11.7 Å². The Hall–Kier alpha value is -0.0400. The largest absolute Gasteiger partial charge is 0.371 e. The van der Waals surface area contributed by atoms with Crippen molar-refractivity contribution in [1.82, 2.24) is 0 Å². The zero-order valence-electron chi connectivity index (χ0n) is 9.23. The van der Waals surface area contributed by atoms with Gasteiger partial charge in [-0.3, -0.25) is 0 Å². The van der Waals surface area contributed by atoms with Crippen LogP contribution in [0, 0.1) is 5.41 Å². The second-order valence-electron chi connectivity index (χ2n) is 5.50. The average molecular weight is 182 g/mol. The predicted octanol–water partition coefficient (Wildman–Crippen LogP) is 3.52. The fraction of sp³-hybridized carbons (Fsp3) is 1.00. The van der Waals surface area contributed by atoms with Gasteiger partial charge in [0, 0.05) is 0 Å². The Morgan fingerprint density at radius 2 is 1.77 bits per heavy atom. The van der Waals surface area contributed by atoms with Crippen LogP contribution in [-0.2, 0) is 4.74 Å². The Kier molecular flexibility index (Phi) is 2.18. The Labute approximate surface area is 81.9 Å². The van der Waals surface area contributed by atoms with E-state index in [2.05, 4.69) is 20.8 Å². The molecule has 13 heavy (non-hydrogen) atoms. The molecule has 3 aliphatic rings. The molecule has 2 heterocycles. The van der Waals surface area contributed by atoms with Gasteiger partial charge in [-0.25, -0.2) is 0 Å². The fourth-order valence-electron chi connectivity index (χ4n) is 2.95. The van der Waals surface area contributed by atoms with Crippen LogP contribution in [0.3, 0.4) is 0 Å². The molecule has 76 valence electrons. The van der Waals surface area contributed by atoms with Crippen LogP contribution in [0.5, 0.6) is 0 Å². The standard InChI is InChI=1S/C12H22O/c1-4-5-10-11(2)6-8-12(3,13-10)9-7-11/h10H,4-9H2,1-3H3. The Bertz CT molecular complexity index is 189. The van der Waals surface area contributed by atoms with Gasteiger partial charge in [-0.05, 0) is 44.4 Å². The van der Waals surface area contributed by atoms with Gasteiger partial charge in [0.1, 0.15) is 0 Å². The van der Waals surface area contributed by atoms with Crippen molar-refractivity contribution < 1.29 is 4.74 Å². The van der Waals surface area contributed by atoms with E-state index in [1.807, 2.05) is 0 Å². The van der Waals surface area contributed by atoms with Gasteiger partial charge < -0.3 is 4.74 Å². The highest BCUT2D eigenvalue weighted by Crippen LogP contribution is 2.53. The second kappa shape index (κ2) is 2.98. The molecular weight excluding hydrogens is 160 g/mol. The summed E-state index contributed by atoms with van der Waals surface area (Å²) >= 11 is 0. The van der Waals surface area contributed by atoms with Crippen molar-refractivity contribution in [3.8, 4) is 0 Å². The first-order valence-corrected chi connectivity index (χ1v) is 5.76. The molecule has 0 amide bonds. The molecule has 2 saturated heterocycles. The molecule has 1 heteroatoms. The Morgan fingerprint density at radius 3 is 2.31 bits per heavy atom. The van der Waals surface area contributed by atoms with E-state index in [4.69, 9.17) is 4.74 Å². The van der Waals surface area contributed by atoms with Crippen LogP contribution < -0.4 is 0 Å². The molecule has 0 spiro atoms. The summed E-state index contributed by atoms with van der Waals surface area (Å²) in [5, 5.41) is 0. The molecule has 1 aliphatic carbocycles. The molecule has 1 unspecified atom stereocenters. The van der Waals surface area contributed by atoms with E-state index in [-0.39, 0.29) is 5.60 Å². The summed E-state index contributed by atoms with van der Waals surface area (Å²) in [5.74, 6) is 0. The van der Waals surface area contributed by atoms with Gasteiger partial charge in [0.15, 0.2) is 0 Å². The van der Waals surface area contributed by atoms with Gasteiger partial charge in [-0.1, -0.05) is 20.3 Å². The molecule has 2 bridgehead atoms. The molecule has 0 aromatic carbocycles. The minimum atomic E-state index is 0.234. The molecule has 1 nitrogen and oxygen atoms in total. The topological polar surface area (TPSA) is 9.23 Å². The van der Waals surface area contributed by atoms with E-state index in [0.29, 0.717) is 11.5 Å². The molecule has 0 radical (unpaired) electrons. The molecule has 2 aliphatic heterocycles. The first-order chi connectivity index (χ1) is 6.08. The zero-order chi connectivity index (χ0) is 9.53. The van der Waals surface area contributed by atoms with Gasteiger partial charge >= 0.3 is 0 Å². The average Bonchev–Trinajstić information content (AvgIpc) is 2.09. The van der Waals surface area contributed by atoms with Crippen LogP contribution >= 0.6 is 0 Å². The molecule has 0 N–H and O–H groups in total. The van der Waals surface area contributed by atoms with Crippen LogP contribution in [0.2, 0.25) is 0 Å². The molecule has 1 atom stereocenters. The molecule has 3 fully saturated rings. The molecule has 3 rings (SSSR count). The lowest BCUT2D eigenvalue weighted by atomic mass is 9.63. The smallest absolute Gasteiger partial charge is 0.0659 e. The van der Waals surface area contributed by atoms with Crippen LogP contribution in [0.25, 0.3) is 0 Å². The van der Waals surface area contributed by atoms with E-state index in [9.17, 15) is 0 Å². The van der Waals surface area contributed by atoms with Crippen molar-refractivity contribution in [2.45, 2.75) is 71.0 Å². The molecule has 1 saturated carbocycles. The minimum absolute atomic E-state index is 0.234. The third kappa shape index (κ3) is 1.52. The van der Waals surface area contributed by atoms with Gasteiger partial charge in [0.25, 0.3) is 0 Å². The second-order valence-corrected chi connectivity index (χ2v) is 5.50. The monoisotopic (exact) mass is 182 g/mol. The number of rotatable bonds is 2. The highest BCUT2D eigenvalue weighted by molar-refractivity contribution is 4.99. The lowest BCUT2D eigenvalue weighted by molar-refractivity contribution is -0.221. The SMILES string of the molecule is CCCC1OC2(C)CCC1(C)CC2. The summed E-state index contributed by atoms with van der Waals surface area (Å²) in [6, 6.07) is 0.